The predicted octanol–water partition coefficient (Wildman–Crippen LogP) is 3.43. The first-order valence-corrected chi connectivity index (χ1v) is 9.94. The average molecular weight is 390 g/mol. The van der Waals surface area contributed by atoms with Crippen molar-refractivity contribution in [3.05, 3.63) is 51.4 Å². The highest BCUT2D eigenvalue weighted by Gasteiger charge is 2.22. The van der Waals surface area contributed by atoms with Crippen LogP contribution in [0.3, 0.4) is 0 Å². The summed E-state index contributed by atoms with van der Waals surface area (Å²) in [6.07, 6.45) is 4.38. The van der Waals surface area contributed by atoms with Crippen LogP contribution < -0.4 is 10.6 Å². The summed E-state index contributed by atoms with van der Waals surface area (Å²) >= 11 is 1.51. The Morgan fingerprint density at radius 1 is 1.33 bits per heavy atom. The molecule has 27 heavy (non-hydrogen) atoms. The van der Waals surface area contributed by atoms with Crippen molar-refractivity contribution in [2.45, 2.75) is 45.1 Å². The van der Waals surface area contributed by atoms with Crippen molar-refractivity contribution in [2.75, 3.05) is 11.9 Å². The summed E-state index contributed by atoms with van der Waals surface area (Å²) in [5.41, 5.74) is 2.39. The van der Waals surface area contributed by atoms with Crippen LogP contribution in [0.1, 0.15) is 53.8 Å². The first-order valence-electron chi connectivity index (χ1n) is 9.12. The van der Waals surface area contributed by atoms with Gasteiger partial charge in [0.25, 0.3) is 0 Å². The van der Waals surface area contributed by atoms with Gasteiger partial charge in [0.2, 0.25) is 5.91 Å². The number of anilines is 1. The molecule has 7 heteroatoms. The second kappa shape index (κ2) is 8.59. The molecule has 3 N–H and O–H groups in total. The minimum absolute atomic E-state index is 0.0865. The molecule has 0 saturated carbocycles. The lowest BCUT2D eigenvalue weighted by molar-refractivity contribution is -0.691. The molecular weight excluding hydrogens is 368 g/mol. The molecule has 1 atom stereocenters. The highest BCUT2D eigenvalue weighted by Crippen LogP contribution is 2.37. The number of nitrogens with zero attached hydrogens (tertiary/aromatic N) is 1. The number of nitrogens with two attached hydrogens (primary N) is 1. The third-order valence-corrected chi connectivity index (χ3v) is 6.10. The molecule has 0 aliphatic heterocycles. The quantitative estimate of drug-likeness (QED) is 0.793. The topological polar surface area (TPSA) is 69.5 Å². The van der Waals surface area contributed by atoms with Crippen LogP contribution >= 0.6 is 11.3 Å². The number of aryl methyl sites for hydroxylation is 1. The van der Waals surface area contributed by atoms with E-state index in [4.69, 9.17) is 0 Å². The fraction of sp³-hybridized carbons (Fsp3) is 0.400. The smallest absolute Gasteiger partial charge is 0.230 e. The van der Waals surface area contributed by atoms with E-state index >= 15 is 0 Å². The van der Waals surface area contributed by atoms with E-state index in [0.717, 1.165) is 37.3 Å². The number of quaternary nitrogens is 1. The minimum Gasteiger partial charge on any atom is -0.340 e. The highest BCUT2D eigenvalue weighted by molar-refractivity contribution is 7.16. The number of benzene rings is 1. The van der Waals surface area contributed by atoms with Crippen LogP contribution in [0.25, 0.3) is 0 Å². The van der Waals surface area contributed by atoms with E-state index < -0.39 is 11.6 Å². The summed E-state index contributed by atoms with van der Waals surface area (Å²) in [5, 5.41) is 14.9. The maximum Gasteiger partial charge on any atom is 0.230 e. The van der Waals surface area contributed by atoms with Gasteiger partial charge in [0.1, 0.15) is 17.1 Å². The van der Waals surface area contributed by atoms with Crippen molar-refractivity contribution < 1.29 is 18.9 Å². The molecule has 3 rings (SSSR count). The number of hydrogen-bond donors (Lipinski definition) is 2. The van der Waals surface area contributed by atoms with Gasteiger partial charge in [-0.25, -0.2) is 8.78 Å². The Kier molecular flexibility index (Phi) is 6.19. The summed E-state index contributed by atoms with van der Waals surface area (Å²) in [7, 11) is 0. The van der Waals surface area contributed by atoms with Gasteiger partial charge >= 0.3 is 0 Å². The van der Waals surface area contributed by atoms with Gasteiger partial charge in [-0.3, -0.25) is 4.79 Å². The van der Waals surface area contributed by atoms with Gasteiger partial charge in [-0.15, -0.1) is 11.3 Å². The number of carbonyl (C=O) groups excluding carboxylic acids is 1. The summed E-state index contributed by atoms with van der Waals surface area (Å²) in [5.74, 6) is -1.87. The Balaban J connectivity index is 1.54. The molecule has 0 fully saturated rings. The van der Waals surface area contributed by atoms with Gasteiger partial charge in [-0.1, -0.05) is 0 Å². The maximum absolute atomic E-state index is 13.3. The Morgan fingerprint density at radius 2 is 2.11 bits per heavy atom. The number of rotatable bonds is 6. The number of fused-ring (bicyclic) bond motifs is 1. The van der Waals surface area contributed by atoms with Crippen molar-refractivity contribution >= 4 is 22.2 Å². The summed E-state index contributed by atoms with van der Waals surface area (Å²) in [4.78, 5) is 13.5. The molecule has 1 amide bonds. The van der Waals surface area contributed by atoms with Gasteiger partial charge < -0.3 is 10.6 Å². The van der Waals surface area contributed by atoms with Crippen LogP contribution in [0.2, 0.25) is 0 Å². The lowest BCUT2D eigenvalue weighted by Gasteiger charge is -2.11. The Bertz CT molecular complexity index is 888. The van der Waals surface area contributed by atoms with Crippen molar-refractivity contribution in [3.63, 3.8) is 0 Å². The summed E-state index contributed by atoms with van der Waals surface area (Å²) < 4.78 is 26.3. The SMILES string of the molecule is C[C@H]([NH2+]CCC(=O)Nc1sc2c(c1C#N)CCCC2)c1ccc(F)c(F)c1. The van der Waals surface area contributed by atoms with Crippen LogP contribution in [0.15, 0.2) is 18.2 Å². The zero-order valence-corrected chi connectivity index (χ0v) is 16.0. The molecule has 0 radical (unpaired) electrons. The van der Waals surface area contributed by atoms with Crippen LogP contribution in [0.5, 0.6) is 0 Å². The molecule has 0 saturated heterocycles. The van der Waals surface area contributed by atoms with E-state index in [-0.39, 0.29) is 18.4 Å². The maximum atomic E-state index is 13.3. The molecule has 4 nitrogen and oxygen atoms in total. The fourth-order valence-corrected chi connectivity index (χ4v) is 4.61. The van der Waals surface area contributed by atoms with Gasteiger partial charge in [0, 0.05) is 10.4 Å². The number of nitrogens with one attached hydrogen (secondary N) is 1. The van der Waals surface area contributed by atoms with E-state index in [1.807, 2.05) is 12.2 Å². The second-order valence-corrected chi connectivity index (χ2v) is 7.92. The number of hydrogen-bond acceptors (Lipinski definition) is 3. The predicted molar refractivity (Wildman–Crippen MR) is 100 cm³/mol. The van der Waals surface area contributed by atoms with Gasteiger partial charge in [-0.05, 0) is 56.4 Å². The zero-order chi connectivity index (χ0) is 19.4. The molecule has 1 aliphatic rings. The molecule has 142 valence electrons. The largest absolute Gasteiger partial charge is 0.340 e. The van der Waals surface area contributed by atoms with Crippen LogP contribution in [0.4, 0.5) is 13.8 Å². The molecule has 0 unspecified atom stereocenters. The molecule has 0 spiro atoms. The van der Waals surface area contributed by atoms with Crippen LogP contribution in [-0.2, 0) is 17.6 Å². The monoisotopic (exact) mass is 390 g/mol. The summed E-state index contributed by atoms with van der Waals surface area (Å²) in [6, 6.07) is 6.00. The third-order valence-electron chi connectivity index (χ3n) is 4.90. The van der Waals surface area contributed by atoms with Gasteiger partial charge in [0.05, 0.1) is 18.5 Å². The first kappa shape index (κ1) is 19.5. The molecule has 1 aliphatic carbocycles. The number of nitriles is 1. The molecule has 1 aromatic heterocycles. The number of thiophene rings is 1. The number of amides is 1. The molecule has 0 bridgehead atoms. The van der Waals surface area contributed by atoms with Gasteiger partial charge in [-0.2, -0.15) is 5.26 Å². The fourth-order valence-electron chi connectivity index (χ4n) is 3.36. The second-order valence-electron chi connectivity index (χ2n) is 6.81. The molecule has 1 heterocycles. The van der Waals surface area contributed by atoms with Gasteiger partial charge in [0.15, 0.2) is 11.6 Å². The molecule has 1 aromatic carbocycles. The lowest BCUT2D eigenvalue weighted by atomic mass is 9.96. The van der Waals surface area contributed by atoms with Crippen molar-refractivity contribution in [2.24, 2.45) is 0 Å². The standard InChI is InChI=1S/C20H21F2N3OS/c1-12(13-6-7-16(21)17(22)10-13)24-9-8-19(26)25-20-15(11-23)14-4-2-3-5-18(14)27-20/h6-7,10,12,24H,2-5,8-9H2,1H3,(H,25,26)/p+1/t12-/m0/s1. The van der Waals surface area contributed by atoms with Crippen molar-refractivity contribution in [1.29, 1.82) is 5.26 Å². The third kappa shape index (κ3) is 4.52. The minimum atomic E-state index is -0.865. The Hall–Kier alpha value is -2.30. The van der Waals surface area contributed by atoms with E-state index in [0.29, 0.717) is 22.7 Å². The Labute approximate surface area is 161 Å². The van der Waals surface area contributed by atoms with Crippen LogP contribution in [-0.4, -0.2) is 12.5 Å². The number of halogens is 2. The van der Waals surface area contributed by atoms with Crippen LogP contribution in [0, 0.1) is 23.0 Å². The average Bonchev–Trinajstić information content (AvgIpc) is 3.00. The van der Waals surface area contributed by atoms with E-state index in [1.54, 1.807) is 6.07 Å². The van der Waals surface area contributed by atoms with E-state index in [2.05, 4.69) is 11.4 Å². The van der Waals surface area contributed by atoms with Crippen molar-refractivity contribution in [3.8, 4) is 6.07 Å². The lowest BCUT2D eigenvalue weighted by Crippen LogP contribution is -2.85. The highest BCUT2D eigenvalue weighted by atomic mass is 32.1. The first-order chi connectivity index (χ1) is 13.0. The summed E-state index contributed by atoms with van der Waals surface area (Å²) in [6.45, 7) is 2.39. The number of carbonyl (C=O) groups is 1. The normalized spacial score (nSPS) is 14.3. The Morgan fingerprint density at radius 3 is 2.85 bits per heavy atom. The van der Waals surface area contributed by atoms with E-state index in [1.165, 1.54) is 22.3 Å². The van der Waals surface area contributed by atoms with E-state index in [9.17, 15) is 18.8 Å². The van der Waals surface area contributed by atoms with Crippen molar-refractivity contribution in [1.82, 2.24) is 0 Å². The zero-order valence-electron chi connectivity index (χ0n) is 15.1. The molecule has 2 aromatic rings. The molecular formula is C20H22F2N3OS+.